The minimum atomic E-state index is -0.674. The standard InChI is InChI=1S/C20H27FN4O4/c1-20(2,3)29-17(26)11-24-7-5-12(6-8-24)25-16-10-14(21)13(18(27)22-4)9-15(16)23-19(25)28/h9-10,12H,5-8,11H2,1-4H3,(H,22,27)(H,23,28). The number of piperidine rings is 1. The van der Waals surface area contributed by atoms with Crippen molar-refractivity contribution in [3.8, 4) is 0 Å². The molecule has 0 atom stereocenters. The molecule has 1 fully saturated rings. The molecule has 0 radical (unpaired) electrons. The number of nitrogens with zero attached hydrogens (tertiary/aromatic N) is 2. The number of H-pyrrole nitrogens is 1. The molecule has 1 aromatic heterocycles. The van der Waals surface area contributed by atoms with E-state index in [1.165, 1.54) is 19.2 Å². The van der Waals surface area contributed by atoms with Crippen LogP contribution in [0.2, 0.25) is 0 Å². The Morgan fingerprint density at radius 3 is 2.52 bits per heavy atom. The number of amides is 1. The van der Waals surface area contributed by atoms with Gasteiger partial charge in [0, 0.05) is 32.2 Å². The first-order valence-corrected chi connectivity index (χ1v) is 9.69. The van der Waals surface area contributed by atoms with E-state index in [4.69, 9.17) is 4.74 Å². The molecule has 2 N–H and O–H groups in total. The number of carbonyl (C=O) groups excluding carboxylic acids is 2. The Labute approximate surface area is 168 Å². The maximum atomic E-state index is 14.4. The van der Waals surface area contributed by atoms with Crippen molar-refractivity contribution in [3.05, 3.63) is 34.0 Å². The Kier molecular flexibility index (Phi) is 5.79. The molecule has 3 rings (SSSR count). The van der Waals surface area contributed by atoms with E-state index in [9.17, 15) is 18.8 Å². The molecule has 0 spiro atoms. The number of fused-ring (bicyclic) bond motifs is 1. The van der Waals surface area contributed by atoms with Crippen molar-refractivity contribution in [2.75, 3.05) is 26.7 Å². The molecule has 1 amide bonds. The van der Waals surface area contributed by atoms with Crippen molar-refractivity contribution >= 4 is 22.9 Å². The fourth-order valence-electron chi connectivity index (χ4n) is 3.71. The van der Waals surface area contributed by atoms with E-state index in [2.05, 4.69) is 10.3 Å². The Hall–Kier alpha value is -2.68. The van der Waals surface area contributed by atoms with Crippen LogP contribution >= 0.6 is 0 Å². The molecule has 0 unspecified atom stereocenters. The van der Waals surface area contributed by atoms with Crippen molar-refractivity contribution in [1.82, 2.24) is 19.8 Å². The zero-order valence-corrected chi connectivity index (χ0v) is 17.2. The highest BCUT2D eigenvalue weighted by Crippen LogP contribution is 2.26. The van der Waals surface area contributed by atoms with Crippen LogP contribution in [-0.2, 0) is 9.53 Å². The second kappa shape index (κ2) is 7.98. The maximum Gasteiger partial charge on any atom is 0.326 e. The lowest BCUT2D eigenvalue weighted by Gasteiger charge is -2.32. The molecule has 158 valence electrons. The van der Waals surface area contributed by atoms with E-state index in [0.717, 1.165) is 0 Å². The summed E-state index contributed by atoms with van der Waals surface area (Å²) in [5.74, 6) is -1.50. The average Bonchev–Trinajstić information content (AvgIpc) is 2.94. The van der Waals surface area contributed by atoms with E-state index in [0.29, 0.717) is 37.0 Å². The van der Waals surface area contributed by atoms with Crippen LogP contribution in [0.5, 0.6) is 0 Å². The Morgan fingerprint density at radius 2 is 1.93 bits per heavy atom. The molecule has 1 aliphatic rings. The van der Waals surface area contributed by atoms with Gasteiger partial charge in [0.25, 0.3) is 5.91 Å². The summed E-state index contributed by atoms with van der Waals surface area (Å²) in [5.41, 5.74) is -0.110. The number of ether oxygens (including phenoxy) is 1. The maximum absolute atomic E-state index is 14.4. The molecule has 2 aromatic rings. The molecule has 29 heavy (non-hydrogen) atoms. The predicted molar refractivity (Wildman–Crippen MR) is 106 cm³/mol. The molecular weight excluding hydrogens is 379 g/mol. The van der Waals surface area contributed by atoms with E-state index in [1.807, 2.05) is 25.7 Å². The Balaban J connectivity index is 1.75. The molecule has 1 aliphatic heterocycles. The van der Waals surface area contributed by atoms with Gasteiger partial charge in [-0.2, -0.15) is 0 Å². The van der Waals surface area contributed by atoms with Crippen LogP contribution in [-0.4, -0.2) is 58.6 Å². The van der Waals surface area contributed by atoms with Crippen molar-refractivity contribution in [1.29, 1.82) is 0 Å². The number of halogens is 1. The molecule has 0 aliphatic carbocycles. The molecule has 9 heteroatoms. The van der Waals surface area contributed by atoms with Crippen LogP contribution in [0.15, 0.2) is 16.9 Å². The van der Waals surface area contributed by atoms with Gasteiger partial charge in [-0.3, -0.25) is 19.1 Å². The van der Waals surface area contributed by atoms with Gasteiger partial charge in [0.15, 0.2) is 0 Å². The van der Waals surface area contributed by atoms with Gasteiger partial charge in [0.05, 0.1) is 23.1 Å². The van der Waals surface area contributed by atoms with E-state index < -0.39 is 17.3 Å². The van der Waals surface area contributed by atoms with Crippen molar-refractivity contribution in [3.63, 3.8) is 0 Å². The summed E-state index contributed by atoms with van der Waals surface area (Å²) in [7, 11) is 1.42. The van der Waals surface area contributed by atoms with Crippen molar-refractivity contribution in [2.24, 2.45) is 0 Å². The van der Waals surface area contributed by atoms with Crippen molar-refractivity contribution < 1.29 is 18.7 Å². The van der Waals surface area contributed by atoms with E-state index in [-0.39, 0.29) is 29.8 Å². The number of hydrogen-bond acceptors (Lipinski definition) is 5. The van der Waals surface area contributed by atoms with Crippen LogP contribution in [0.1, 0.15) is 50.0 Å². The quantitative estimate of drug-likeness (QED) is 0.755. The summed E-state index contributed by atoms with van der Waals surface area (Å²) in [6.07, 6.45) is 1.29. The number of carbonyl (C=O) groups is 2. The predicted octanol–water partition coefficient (Wildman–Crippen LogP) is 1.81. The molecule has 1 aromatic carbocycles. The normalized spacial score (nSPS) is 16.2. The first-order chi connectivity index (χ1) is 13.6. The highest BCUT2D eigenvalue weighted by Gasteiger charge is 2.27. The molecule has 1 saturated heterocycles. The highest BCUT2D eigenvalue weighted by molar-refractivity contribution is 5.97. The summed E-state index contributed by atoms with van der Waals surface area (Å²) < 4.78 is 21.3. The molecular formula is C20H27FN4O4. The Morgan fingerprint density at radius 1 is 1.28 bits per heavy atom. The Bertz CT molecular complexity index is 981. The summed E-state index contributed by atoms with van der Waals surface area (Å²) in [5, 5.41) is 2.38. The summed E-state index contributed by atoms with van der Waals surface area (Å²) >= 11 is 0. The number of likely N-dealkylation sites (tertiary alicyclic amines) is 1. The van der Waals surface area contributed by atoms with Crippen LogP contribution < -0.4 is 11.0 Å². The van der Waals surface area contributed by atoms with Crippen LogP contribution in [0.3, 0.4) is 0 Å². The third-order valence-corrected chi connectivity index (χ3v) is 4.97. The largest absolute Gasteiger partial charge is 0.459 e. The fourth-order valence-corrected chi connectivity index (χ4v) is 3.71. The lowest BCUT2D eigenvalue weighted by atomic mass is 10.0. The smallest absolute Gasteiger partial charge is 0.326 e. The van der Waals surface area contributed by atoms with Crippen LogP contribution in [0, 0.1) is 5.82 Å². The van der Waals surface area contributed by atoms with Gasteiger partial charge in [-0.15, -0.1) is 0 Å². The lowest BCUT2D eigenvalue weighted by Crippen LogP contribution is -2.41. The number of hydrogen-bond donors (Lipinski definition) is 2. The number of nitrogens with one attached hydrogen (secondary N) is 2. The number of benzene rings is 1. The lowest BCUT2D eigenvalue weighted by molar-refractivity contribution is -0.156. The van der Waals surface area contributed by atoms with Gasteiger partial charge in [-0.1, -0.05) is 0 Å². The minimum absolute atomic E-state index is 0.111. The highest BCUT2D eigenvalue weighted by atomic mass is 19.1. The summed E-state index contributed by atoms with van der Waals surface area (Å²) in [4.78, 5) is 41.0. The summed E-state index contributed by atoms with van der Waals surface area (Å²) in [6.45, 7) is 6.94. The minimum Gasteiger partial charge on any atom is -0.459 e. The SMILES string of the molecule is CNC(=O)c1cc2[nH]c(=O)n(C3CCN(CC(=O)OC(C)(C)C)CC3)c2cc1F. The second-order valence-corrected chi connectivity index (χ2v) is 8.32. The average molecular weight is 406 g/mol. The van der Waals surface area contributed by atoms with Gasteiger partial charge in [-0.05, 0) is 39.7 Å². The number of imidazole rings is 1. The van der Waals surface area contributed by atoms with Gasteiger partial charge in [0.1, 0.15) is 11.4 Å². The van der Waals surface area contributed by atoms with Gasteiger partial charge < -0.3 is 15.0 Å². The van der Waals surface area contributed by atoms with E-state index in [1.54, 1.807) is 4.57 Å². The van der Waals surface area contributed by atoms with Gasteiger partial charge in [0.2, 0.25) is 0 Å². The third kappa shape index (κ3) is 4.67. The third-order valence-electron chi connectivity index (χ3n) is 4.97. The van der Waals surface area contributed by atoms with Gasteiger partial charge in [-0.25, -0.2) is 9.18 Å². The van der Waals surface area contributed by atoms with Gasteiger partial charge >= 0.3 is 11.7 Å². The first-order valence-electron chi connectivity index (χ1n) is 9.69. The number of aromatic amines is 1. The monoisotopic (exact) mass is 406 g/mol. The topological polar surface area (TPSA) is 96.4 Å². The van der Waals surface area contributed by atoms with Crippen LogP contribution in [0.25, 0.3) is 11.0 Å². The molecule has 0 saturated carbocycles. The number of esters is 1. The molecule has 8 nitrogen and oxygen atoms in total. The summed E-state index contributed by atoms with van der Waals surface area (Å²) in [6, 6.07) is 2.47. The zero-order valence-electron chi connectivity index (χ0n) is 17.2. The number of rotatable bonds is 4. The zero-order chi connectivity index (χ0) is 21.3. The number of aromatic nitrogens is 2. The first kappa shape index (κ1) is 21.0. The molecule has 0 bridgehead atoms. The van der Waals surface area contributed by atoms with Crippen LogP contribution in [0.4, 0.5) is 4.39 Å². The van der Waals surface area contributed by atoms with Crippen molar-refractivity contribution in [2.45, 2.75) is 45.3 Å². The molecule has 2 heterocycles. The van der Waals surface area contributed by atoms with E-state index >= 15 is 0 Å². The second-order valence-electron chi connectivity index (χ2n) is 8.32. The fraction of sp³-hybridized carbons (Fsp3) is 0.550.